The van der Waals surface area contributed by atoms with Crippen molar-refractivity contribution in [3.8, 4) is 5.75 Å². The van der Waals surface area contributed by atoms with E-state index in [1.54, 1.807) is 48.5 Å². The minimum atomic E-state index is -3.32. The van der Waals surface area contributed by atoms with Crippen LogP contribution in [0.5, 0.6) is 5.75 Å². The molecule has 27 heavy (non-hydrogen) atoms. The van der Waals surface area contributed by atoms with Crippen molar-refractivity contribution in [1.82, 2.24) is 4.57 Å². The van der Waals surface area contributed by atoms with Crippen LogP contribution < -0.4 is 9.54 Å². The molecule has 1 heterocycles. The summed E-state index contributed by atoms with van der Waals surface area (Å²) in [6.45, 7) is 4.19. The Hall–Kier alpha value is -2.71. The molecule has 1 aromatic heterocycles. The number of benzene rings is 2. The summed E-state index contributed by atoms with van der Waals surface area (Å²) in [5.74, 6) is 0.172. The highest BCUT2D eigenvalue weighted by Crippen LogP contribution is 2.22. The minimum absolute atomic E-state index is 0.229. The molecule has 0 aliphatic carbocycles. The zero-order valence-corrected chi connectivity index (χ0v) is 16.5. The second-order valence-corrected chi connectivity index (χ2v) is 8.86. The fourth-order valence-corrected chi connectivity index (χ4v) is 4.38. The first kappa shape index (κ1) is 19.1. The second kappa shape index (κ2) is 7.50. The monoisotopic (exact) mass is 402 g/mol. The highest BCUT2D eigenvalue weighted by atomic mass is 32.2. The van der Waals surface area contributed by atoms with Gasteiger partial charge in [-0.15, -0.1) is 6.58 Å². The molecule has 0 aliphatic rings. The van der Waals surface area contributed by atoms with Crippen LogP contribution in [0.3, 0.4) is 0 Å². The molecule has 3 aromatic rings. The van der Waals surface area contributed by atoms with Crippen molar-refractivity contribution in [2.45, 2.75) is 11.4 Å². The van der Waals surface area contributed by atoms with Crippen molar-refractivity contribution < 1.29 is 17.9 Å². The molecule has 1 amide bonds. The number of allylic oxidation sites excluding steroid dienone is 1. The van der Waals surface area contributed by atoms with Crippen molar-refractivity contribution in [3.05, 3.63) is 65.5 Å². The van der Waals surface area contributed by atoms with Crippen LogP contribution in [0.4, 0.5) is 0 Å². The summed E-state index contributed by atoms with van der Waals surface area (Å²) in [5.41, 5.74) is 1.21. The summed E-state index contributed by atoms with van der Waals surface area (Å²) < 4.78 is 31.3. The third kappa shape index (κ3) is 4.01. The lowest BCUT2D eigenvalue weighted by Gasteiger charge is -2.03. The summed E-state index contributed by atoms with van der Waals surface area (Å²) >= 11 is 1.26. The van der Waals surface area contributed by atoms with Crippen LogP contribution in [0.1, 0.15) is 10.4 Å². The number of aromatic nitrogens is 1. The van der Waals surface area contributed by atoms with Crippen molar-refractivity contribution >= 4 is 37.3 Å². The molecule has 0 radical (unpaired) electrons. The van der Waals surface area contributed by atoms with Gasteiger partial charge in [0.25, 0.3) is 5.91 Å². The minimum Gasteiger partial charge on any atom is -0.497 e. The maximum Gasteiger partial charge on any atom is 0.279 e. The summed E-state index contributed by atoms with van der Waals surface area (Å²) in [7, 11) is -1.79. The predicted octanol–water partition coefficient (Wildman–Crippen LogP) is 3.04. The third-order valence-corrected chi connectivity index (χ3v) is 6.06. The Morgan fingerprint density at radius 1 is 1.30 bits per heavy atom. The van der Waals surface area contributed by atoms with E-state index in [0.29, 0.717) is 22.7 Å². The molecule has 0 aliphatic heterocycles. The Bertz CT molecular complexity index is 1200. The van der Waals surface area contributed by atoms with E-state index in [1.807, 2.05) is 4.57 Å². The van der Waals surface area contributed by atoms with Crippen molar-refractivity contribution in [2.75, 3.05) is 13.4 Å². The highest BCUT2D eigenvalue weighted by molar-refractivity contribution is 7.90. The van der Waals surface area contributed by atoms with Crippen LogP contribution in [0.25, 0.3) is 10.2 Å². The van der Waals surface area contributed by atoms with E-state index in [4.69, 9.17) is 4.74 Å². The number of thiazole rings is 1. The summed E-state index contributed by atoms with van der Waals surface area (Å²) in [5, 5.41) is 0. The molecule has 3 rings (SSSR count). The zero-order chi connectivity index (χ0) is 19.6. The molecule has 0 saturated carbocycles. The van der Waals surface area contributed by atoms with Crippen LogP contribution in [0.2, 0.25) is 0 Å². The van der Waals surface area contributed by atoms with E-state index >= 15 is 0 Å². The average Bonchev–Trinajstić information content (AvgIpc) is 2.98. The smallest absolute Gasteiger partial charge is 0.279 e. The first-order valence-electron chi connectivity index (χ1n) is 8.01. The van der Waals surface area contributed by atoms with E-state index in [2.05, 4.69) is 11.6 Å². The van der Waals surface area contributed by atoms with Gasteiger partial charge in [-0.2, -0.15) is 4.99 Å². The molecule has 0 N–H and O–H groups in total. The van der Waals surface area contributed by atoms with Gasteiger partial charge in [-0.3, -0.25) is 4.79 Å². The number of fused-ring (bicyclic) bond motifs is 1. The number of hydrogen-bond donors (Lipinski definition) is 0. The van der Waals surface area contributed by atoms with Gasteiger partial charge in [-0.05, 0) is 36.4 Å². The van der Waals surface area contributed by atoms with Crippen LogP contribution in [0, 0.1) is 0 Å². The SMILES string of the molecule is C=CCn1c(=NC(=O)c2cccc(OC)c2)sc2cc(S(C)(=O)=O)ccc21. The van der Waals surface area contributed by atoms with Gasteiger partial charge >= 0.3 is 0 Å². The Balaban J connectivity index is 2.16. The maximum absolute atomic E-state index is 12.6. The quantitative estimate of drug-likeness (QED) is 0.615. The first-order valence-corrected chi connectivity index (χ1v) is 10.7. The number of methoxy groups -OCH3 is 1. The van der Waals surface area contributed by atoms with Gasteiger partial charge in [0.2, 0.25) is 0 Å². The fourth-order valence-electron chi connectivity index (χ4n) is 2.58. The highest BCUT2D eigenvalue weighted by Gasteiger charge is 2.13. The molecule has 0 spiro atoms. The normalized spacial score (nSPS) is 12.3. The molecular weight excluding hydrogens is 384 g/mol. The lowest BCUT2D eigenvalue weighted by Crippen LogP contribution is -2.16. The molecule has 6 nitrogen and oxygen atoms in total. The van der Waals surface area contributed by atoms with Crippen LogP contribution in [-0.4, -0.2) is 32.3 Å². The predicted molar refractivity (Wildman–Crippen MR) is 106 cm³/mol. The topological polar surface area (TPSA) is 77.7 Å². The van der Waals surface area contributed by atoms with Crippen molar-refractivity contribution in [3.63, 3.8) is 0 Å². The average molecular weight is 402 g/mol. The summed E-state index contributed by atoms with van der Waals surface area (Å²) in [6, 6.07) is 11.6. The van der Waals surface area contributed by atoms with Gasteiger partial charge in [0.1, 0.15) is 5.75 Å². The molecule has 2 aromatic carbocycles. The molecule has 8 heteroatoms. The first-order chi connectivity index (χ1) is 12.8. The van der Waals surface area contributed by atoms with Gasteiger partial charge in [0.05, 0.1) is 22.2 Å². The van der Waals surface area contributed by atoms with E-state index in [0.717, 1.165) is 16.5 Å². The standard InChI is InChI=1S/C19H18N2O4S2/c1-4-10-21-16-9-8-15(27(3,23)24)12-17(16)26-19(21)20-18(22)13-6-5-7-14(11-13)25-2/h4-9,11-12H,1,10H2,2-3H3. The Morgan fingerprint density at radius 3 is 2.74 bits per heavy atom. The van der Waals surface area contributed by atoms with E-state index in [9.17, 15) is 13.2 Å². The molecule has 140 valence electrons. The Morgan fingerprint density at radius 2 is 2.07 bits per heavy atom. The lowest BCUT2D eigenvalue weighted by molar-refractivity contribution is 0.0997. The van der Waals surface area contributed by atoms with Crippen LogP contribution in [0.15, 0.2) is 65.0 Å². The zero-order valence-electron chi connectivity index (χ0n) is 14.9. The van der Waals surface area contributed by atoms with Gasteiger partial charge in [0.15, 0.2) is 14.6 Å². The Kier molecular flexibility index (Phi) is 5.29. The van der Waals surface area contributed by atoms with Crippen molar-refractivity contribution in [1.29, 1.82) is 0 Å². The molecule has 0 fully saturated rings. The second-order valence-electron chi connectivity index (χ2n) is 5.83. The van der Waals surface area contributed by atoms with Gasteiger partial charge in [-0.1, -0.05) is 23.5 Å². The molecule has 0 bridgehead atoms. The number of rotatable bonds is 5. The number of ether oxygens (including phenoxy) is 1. The van der Waals surface area contributed by atoms with Crippen LogP contribution in [-0.2, 0) is 16.4 Å². The summed E-state index contributed by atoms with van der Waals surface area (Å²) in [4.78, 5) is 17.5. The number of sulfone groups is 1. The number of carbonyl (C=O) groups excluding carboxylic acids is 1. The van der Waals surface area contributed by atoms with Gasteiger partial charge in [0, 0.05) is 18.4 Å². The molecule has 0 atom stereocenters. The summed E-state index contributed by atoms with van der Waals surface area (Å²) in [6.07, 6.45) is 2.86. The largest absolute Gasteiger partial charge is 0.497 e. The van der Waals surface area contributed by atoms with E-state index in [-0.39, 0.29) is 4.90 Å². The fraction of sp³-hybridized carbons (Fsp3) is 0.158. The number of amides is 1. The maximum atomic E-state index is 12.6. The molecule has 0 saturated heterocycles. The number of hydrogen-bond acceptors (Lipinski definition) is 5. The number of nitrogens with zero attached hydrogens (tertiary/aromatic N) is 2. The van der Waals surface area contributed by atoms with Crippen molar-refractivity contribution in [2.24, 2.45) is 4.99 Å². The number of carbonyl (C=O) groups is 1. The van der Waals surface area contributed by atoms with E-state index < -0.39 is 15.7 Å². The van der Waals surface area contributed by atoms with Gasteiger partial charge < -0.3 is 9.30 Å². The van der Waals surface area contributed by atoms with Crippen LogP contribution >= 0.6 is 11.3 Å². The lowest BCUT2D eigenvalue weighted by atomic mass is 10.2. The van der Waals surface area contributed by atoms with Gasteiger partial charge in [-0.25, -0.2) is 8.42 Å². The molecular formula is C19H18N2O4S2. The molecule has 0 unspecified atom stereocenters. The Labute approximate surface area is 161 Å². The van der Waals surface area contributed by atoms with E-state index in [1.165, 1.54) is 18.4 Å². The third-order valence-electron chi connectivity index (χ3n) is 3.91.